The number of rotatable bonds is 5. The number of β-amino-alcohol motifs (C(OH)–C–C–N with tert-alkyl or cyclic N) is 1. The molecule has 0 unspecified atom stereocenters. The molecule has 2 aromatic carbocycles. The van der Waals surface area contributed by atoms with E-state index in [2.05, 4.69) is 58.7 Å². The van der Waals surface area contributed by atoms with Crippen LogP contribution in [0.15, 0.2) is 48.5 Å². The Morgan fingerprint density at radius 2 is 1.50 bits per heavy atom. The zero-order valence-electron chi connectivity index (χ0n) is 16.7. The molecule has 28 heavy (non-hydrogen) atoms. The van der Waals surface area contributed by atoms with E-state index in [4.69, 9.17) is 0 Å². The quantitative estimate of drug-likeness (QED) is 0.838. The molecule has 1 saturated carbocycles. The molecule has 0 radical (unpaired) electrons. The molecule has 0 amide bonds. The van der Waals surface area contributed by atoms with E-state index in [-0.39, 0.29) is 6.10 Å². The van der Waals surface area contributed by atoms with Crippen LogP contribution < -0.4 is 5.32 Å². The van der Waals surface area contributed by atoms with Gasteiger partial charge in [-0.15, -0.1) is 0 Å². The first kappa shape index (κ1) is 18.4. The van der Waals surface area contributed by atoms with Gasteiger partial charge in [0.2, 0.25) is 0 Å². The van der Waals surface area contributed by atoms with E-state index >= 15 is 0 Å². The van der Waals surface area contributed by atoms with Gasteiger partial charge in [0.05, 0.1) is 6.10 Å². The maximum absolute atomic E-state index is 9.83. The molecule has 1 aliphatic heterocycles. The number of nitrogens with one attached hydrogen (secondary N) is 1. The van der Waals surface area contributed by atoms with Gasteiger partial charge in [0.25, 0.3) is 0 Å². The lowest BCUT2D eigenvalue weighted by atomic mass is 9.94. The molecule has 5 rings (SSSR count). The van der Waals surface area contributed by atoms with Crippen LogP contribution in [0.1, 0.15) is 41.5 Å². The molecule has 0 spiro atoms. The average molecular weight is 377 g/mol. The van der Waals surface area contributed by atoms with E-state index in [0.29, 0.717) is 6.04 Å². The summed E-state index contributed by atoms with van der Waals surface area (Å²) in [6.07, 6.45) is 5.96. The van der Waals surface area contributed by atoms with Gasteiger partial charge in [-0.05, 0) is 66.2 Å². The Balaban J connectivity index is 1.27. The minimum Gasteiger partial charge on any atom is -0.392 e. The third-order valence-corrected chi connectivity index (χ3v) is 7.29. The van der Waals surface area contributed by atoms with Gasteiger partial charge in [0, 0.05) is 32.2 Å². The molecular weight excluding hydrogens is 344 g/mol. The average Bonchev–Trinajstić information content (AvgIpc) is 3.23. The van der Waals surface area contributed by atoms with Crippen LogP contribution in [0, 0.1) is 11.8 Å². The summed E-state index contributed by atoms with van der Waals surface area (Å²) in [7, 11) is 0. The summed E-state index contributed by atoms with van der Waals surface area (Å²) in [6.45, 7) is 3.74. The minimum absolute atomic E-state index is 0.145. The van der Waals surface area contributed by atoms with Crippen LogP contribution in [0.3, 0.4) is 0 Å². The van der Waals surface area contributed by atoms with E-state index in [1.165, 1.54) is 36.8 Å². The first-order valence-electron chi connectivity index (χ1n) is 11.0. The maximum Gasteiger partial charge on any atom is 0.0679 e. The standard InChI is InChI=1S/C25H32N2O/c28-24-11-12-27(17-24)16-23-8-4-3-7-22(23)15-26-25-20-9-10-21(25)14-19-6-2-1-5-18(19)13-20/h1-8,20-21,24-26,28H,9-17H2/t20-,21-,24-/m0/s1. The van der Waals surface area contributed by atoms with E-state index < -0.39 is 0 Å². The second kappa shape index (κ2) is 7.98. The summed E-state index contributed by atoms with van der Waals surface area (Å²) in [6, 6.07) is 18.6. The number of benzene rings is 2. The molecule has 3 aliphatic rings. The monoisotopic (exact) mass is 376 g/mol. The summed E-state index contributed by atoms with van der Waals surface area (Å²) >= 11 is 0. The Morgan fingerprint density at radius 3 is 2.14 bits per heavy atom. The fourth-order valence-corrected chi connectivity index (χ4v) is 5.79. The molecule has 2 fully saturated rings. The highest BCUT2D eigenvalue weighted by atomic mass is 16.3. The molecule has 2 aromatic rings. The van der Waals surface area contributed by atoms with E-state index in [1.807, 2.05) is 0 Å². The molecule has 0 aromatic heterocycles. The first-order chi connectivity index (χ1) is 13.8. The van der Waals surface area contributed by atoms with Gasteiger partial charge in [-0.1, -0.05) is 48.5 Å². The maximum atomic E-state index is 9.83. The predicted molar refractivity (Wildman–Crippen MR) is 113 cm³/mol. The third kappa shape index (κ3) is 3.76. The van der Waals surface area contributed by atoms with Crippen LogP contribution in [0.5, 0.6) is 0 Å². The third-order valence-electron chi connectivity index (χ3n) is 7.29. The number of likely N-dealkylation sites (tertiary alicyclic amines) is 1. The van der Waals surface area contributed by atoms with Crippen molar-refractivity contribution in [1.29, 1.82) is 0 Å². The highest BCUT2D eigenvalue weighted by Gasteiger charge is 2.38. The number of fused-ring (bicyclic) bond motifs is 3. The van der Waals surface area contributed by atoms with Crippen molar-refractivity contribution in [3.05, 3.63) is 70.8 Å². The molecular formula is C25H32N2O. The lowest BCUT2D eigenvalue weighted by Gasteiger charge is -2.25. The Labute approximate surface area is 168 Å². The highest BCUT2D eigenvalue weighted by Crippen LogP contribution is 2.40. The number of hydrogen-bond donors (Lipinski definition) is 2. The second-order valence-corrected chi connectivity index (χ2v) is 9.13. The van der Waals surface area contributed by atoms with Gasteiger partial charge in [0.15, 0.2) is 0 Å². The summed E-state index contributed by atoms with van der Waals surface area (Å²) < 4.78 is 0. The van der Waals surface area contributed by atoms with Gasteiger partial charge in [-0.2, -0.15) is 0 Å². The lowest BCUT2D eigenvalue weighted by molar-refractivity contribution is 0.174. The van der Waals surface area contributed by atoms with Crippen molar-refractivity contribution in [2.75, 3.05) is 13.1 Å². The van der Waals surface area contributed by atoms with Crippen molar-refractivity contribution in [2.45, 2.75) is 57.3 Å². The number of aliphatic hydroxyl groups excluding tert-OH is 1. The van der Waals surface area contributed by atoms with Crippen molar-refractivity contribution < 1.29 is 5.11 Å². The van der Waals surface area contributed by atoms with E-state index in [0.717, 1.165) is 44.4 Å². The zero-order chi connectivity index (χ0) is 18.9. The van der Waals surface area contributed by atoms with Gasteiger partial charge >= 0.3 is 0 Å². The molecule has 3 heteroatoms. The molecule has 1 heterocycles. The lowest BCUT2D eigenvalue weighted by Crippen LogP contribution is -2.37. The Kier molecular flexibility index (Phi) is 5.23. The molecule has 2 aliphatic carbocycles. The Hall–Kier alpha value is -1.68. The fourth-order valence-electron chi connectivity index (χ4n) is 5.79. The summed E-state index contributed by atoms with van der Waals surface area (Å²) in [5, 5.41) is 13.8. The van der Waals surface area contributed by atoms with Crippen LogP contribution in [-0.4, -0.2) is 35.2 Å². The van der Waals surface area contributed by atoms with Crippen molar-refractivity contribution in [3.8, 4) is 0 Å². The fraction of sp³-hybridized carbons (Fsp3) is 0.520. The first-order valence-corrected chi connectivity index (χ1v) is 11.0. The topological polar surface area (TPSA) is 35.5 Å². The predicted octanol–water partition coefficient (Wildman–Crippen LogP) is 3.54. The van der Waals surface area contributed by atoms with Crippen LogP contribution in [0.2, 0.25) is 0 Å². The molecule has 2 bridgehead atoms. The Morgan fingerprint density at radius 1 is 0.857 bits per heavy atom. The highest BCUT2D eigenvalue weighted by molar-refractivity contribution is 5.31. The molecule has 1 saturated heterocycles. The normalized spacial score (nSPS) is 29.6. The van der Waals surface area contributed by atoms with Crippen LogP contribution >= 0.6 is 0 Å². The zero-order valence-corrected chi connectivity index (χ0v) is 16.7. The van der Waals surface area contributed by atoms with Gasteiger partial charge in [-0.25, -0.2) is 0 Å². The SMILES string of the molecule is O[C@H]1CCN(Cc2ccccc2CNC2[C@H]3CC[C@H]2Cc2ccccc2C3)C1. The minimum atomic E-state index is -0.145. The number of nitrogens with zero attached hydrogens (tertiary/aromatic N) is 1. The van der Waals surface area contributed by atoms with Gasteiger partial charge in [0.1, 0.15) is 0 Å². The van der Waals surface area contributed by atoms with Crippen molar-refractivity contribution in [3.63, 3.8) is 0 Å². The molecule has 2 N–H and O–H groups in total. The number of aliphatic hydroxyl groups is 1. The second-order valence-electron chi connectivity index (χ2n) is 9.13. The van der Waals surface area contributed by atoms with Crippen LogP contribution in [0.25, 0.3) is 0 Å². The molecule has 3 atom stereocenters. The van der Waals surface area contributed by atoms with Crippen molar-refractivity contribution >= 4 is 0 Å². The summed E-state index contributed by atoms with van der Waals surface area (Å²) in [5.41, 5.74) is 5.99. The van der Waals surface area contributed by atoms with Crippen LogP contribution in [-0.2, 0) is 25.9 Å². The van der Waals surface area contributed by atoms with Gasteiger partial charge in [-0.3, -0.25) is 4.90 Å². The molecule has 3 nitrogen and oxygen atoms in total. The van der Waals surface area contributed by atoms with E-state index in [9.17, 15) is 5.11 Å². The van der Waals surface area contributed by atoms with Crippen molar-refractivity contribution in [1.82, 2.24) is 10.2 Å². The molecule has 148 valence electrons. The van der Waals surface area contributed by atoms with E-state index in [1.54, 1.807) is 11.1 Å². The van der Waals surface area contributed by atoms with Crippen LogP contribution in [0.4, 0.5) is 0 Å². The number of hydrogen-bond acceptors (Lipinski definition) is 3. The van der Waals surface area contributed by atoms with Crippen molar-refractivity contribution in [2.24, 2.45) is 11.8 Å². The van der Waals surface area contributed by atoms with Gasteiger partial charge < -0.3 is 10.4 Å². The Bertz CT molecular complexity index is 787. The summed E-state index contributed by atoms with van der Waals surface area (Å²) in [5.74, 6) is 1.55. The summed E-state index contributed by atoms with van der Waals surface area (Å²) in [4.78, 5) is 2.38. The largest absolute Gasteiger partial charge is 0.392 e. The smallest absolute Gasteiger partial charge is 0.0679 e.